The Morgan fingerprint density at radius 2 is 1.50 bits per heavy atom. The summed E-state index contributed by atoms with van der Waals surface area (Å²) in [5.74, 6) is 0.159. The van der Waals surface area contributed by atoms with Gasteiger partial charge in [-0.1, -0.05) is 47.5 Å². The molecule has 0 aliphatic heterocycles. The lowest BCUT2D eigenvalue weighted by Gasteiger charge is -2.25. The summed E-state index contributed by atoms with van der Waals surface area (Å²) in [6.07, 6.45) is 0. The minimum Gasteiger partial charge on any atom is -0.484 e. The van der Waals surface area contributed by atoms with Crippen molar-refractivity contribution in [3.8, 4) is 5.75 Å². The Morgan fingerprint density at radius 1 is 0.842 bits per heavy atom. The molecule has 0 heterocycles. The second kappa shape index (κ2) is 11.7. The number of halogens is 1. The first-order valence-electron chi connectivity index (χ1n) is 12.1. The van der Waals surface area contributed by atoms with Gasteiger partial charge < -0.3 is 10.1 Å². The Bertz CT molecular complexity index is 1520. The van der Waals surface area contributed by atoms with Gasteiger partial charge in [-0.3, -0.25) is 9.10 Å². The van der Waals surface area contributed by atoms with E-state index in [-0.39, 0.29) is 24.0 Å². The molecule has 6 nitrogen and oxygen atoms in total. The lowest BCUT2D eigenvalue weighted by atomic mass is 10.1. The maximum atomic E-state index is 13.6. The molecule has 0 fully saturated rings. The maximum absolute atomic E-state index is 13.6. The molecule has 1 amide bonds. The molecule has 0 aliphatic carbocycles. The Hall–Kier alpha value is -3.81. The van der Waals surface area contributed by atoms with Crippen LogP contribution in [0.15, 0.2) is 95.9 Å². The summed E-state index contributed by atoms with van der Waals surface area (Å²) >= 11 is 6.02. The molecule has 0 unspecified atom stereocenters. The number of anilines is 2. The monoisotopic (exact) mass is 548 g/mol. The Balaban J connectivity index is 1.51. The Labute approximate surface area is 228 Å². The predicted molar refractivity (Wildman–Crippen MR) is 152 cm³/mol. The zero-order valence-corrected chi connectivity index (χ0v) is 23.0. The van der Waals surface area contributed by atoms with Crippen molar-refractivity contribution < 1.29 is 17.9 Å². The van der Waals surface area contributed by atoms with Gasteiger partial charge in [0, 0.05) is 10.7 Å². The molecule has 196 valence electrons. The molecule has 4 aromatic rings. The number of carbonyl (C=O) groups is 1. The number of aryl methyl sites for hydroxylation is 3. The summed E-state index contributed by atoms with van der Waals surface area (Å²) in [6, 6.07) is 26.1. The SMILES string of the molecule is Cc1ccc(S(=O)(=O)N(Cc2ccc(Cl)cc2)c2ccc(OCC(=O)Nc3ccc(C)c(C)c3)cc2)cc1. The van der Waals surface area contributed by atoms with Crippen molar-refractivity contribution in [1.29, 1.82) is 0 Å². The zero-order chi connectivity index (χ0) is 27.3. The average Bonchev–Trinajstić information content (AvgIpc) is 2.90. The van der Waals surface area contributed by atoms with Crippen LogP contribution in [0.5, 0.6) is 5.75 Å². The first kappa shape index (κ1) is 27.2. The molecule has 0 spiro atoms. The number of amides is 1. The lowest BCUT2D eigenvalue weighted by Crippen LogP contribution is -2.30. The highest BCUT2D eigenvalue weighted by atomic mass is 35.5. The third-order valence-corrected chi connectivity index (χ3v) is 8.17. The van der Waals surface area contributed by atoms with Gasteiger partial charge in [0.25, 0.3) is 15.9 Å². The van der Waals surface area contributed by atoms with E-state index in [1.807, 2.05) is 39.0 Å². The highest BCUT2D eigenvalue weighted by Crippen LogP contribution is 2.28. The molecule has 0 radical (unpaired) electrons. The van der Waals surface area contributed by atoms with Crippen LogP contribution in [0.1, 0.15) is 22.3 Å². The smallest absolute Gasteiger partial charge is 0.264 e. The molecule has 38 heavy (non-hydrogen) atoms. The molecule has 0 bridgehead atoms. The van der Waals surface area contributed by atoms with Gasteiger partial charge in [0.2, 0.25) is 0 Å². The summed E-state index contributed by atoms with van der Waals surface area (Å²) in [4.78, 5) is 12.6. The highest BCUT2D eigenvalue weighted by Gasteiger charge is 2.25. The number of rotatable bonds is 9. The van der Waals surface area contributed by atoms with E-state index >= 15 is 0 Å². The van der Waals surface area contributed by atoms with Crippen molar-refractivity contribution in [2.45, 2.75) is 32.2 Å². The van der Waals surface area contributed by atoms with Gasteiger partial charge in [0.1, 0.15) is 5.75 Å². The molecule has 0 aliphatic rings. The third-order valence-electron chi connectivity index (χ3n) is 6.13. The summed E-state index contributed by atoms with van der Waals surface area (Å²) in [5, 5.41) is 3.40. The van der Waals surface area contributed by atoms with E-state index in [0.29, 0.717) is 22.1 Å². The number of nitrogens with zero attached hydrogens (tertiary/aromatic N) is 1. The summed E-state index contributed by atoms with van der Waals surface area (Å²) in [5.41, 5.74) is 5.16. The second-order valence-electron chi connectivity index (χ2n) is 9.08. The van der Waals surface area contributed by atoms with E-state index in [1.54, 1.807) is 72.8 Å². The highest BCUT2D eigenvalue weighted by molar-refractivity contribution is 7.92. The average molecular weight is 549 g/mol. The van der Waals surface area contributed by atoms with Crippen molar-refractivity contribution in [2.24, 2.45) is 0 Å². The van der Waals surface area contributed by atoms with Crippen LogP contribution in [0.3, 0.4) is 0 Å². The van der Waals surface area contributed by atoms with Crippen molar-refractivity contribution in [2.75, 3.05) is 16.2 Å². The molecule has 1 N–H and O–H groups in total. The Kier molecular flexibility index (Phi) is 8.39. The first-order valence-corrected chi connectivity index (χ1v) is 13.9. The molecule has 4 rings (SSSR count). The van der Waals surface area contributed by atoms with Crippen LogP contribution >= 0.6 is 11.6 Å². The van der Waals surface area contributed by atoms with Crippen LogP contribution in [0.2, 0.25) is 5.02 Å². The molecule has 0 saturated carbocycles. The minimum atomic E-state index is -3.86. The van der Waals surface area contributed by atoms with Crippen molar-refractivity contribution in [1.82, 2.24) is 0 Å². The lowest BCUT2D eigenvalue weighted by molar-refractivity contribution is -0.118. The number of hydrogen-bond acceptors (Lipinski definition) is 4. The van der Waals surface area contributed by atoms with Crippen LogP contribution in [-0.4, -0.2) is 20.9 Å². The molecular weight excluding hydrogens is 520 g/mol. The van der Waals surface area contributed by atoms with Crippen molar-refractivity contribution in [3.05, 3.63) is 118 Å². The third kappa shape index (κ3) is 6.73. The standard InChI is InChI=1S/C30H29ClN2O4S/c1-21-4-16-29(17-5-21)38(35,36)33(19-24-7-9-25(31)10-8-24)27-12-14-28(15-13-27)37-20-30(34)32-26-11-6-22(2)23(3)18-26/h4-18H,19-20H2,1-3H3,(H,32,34). The van der Waals surface area contributed by atoms with Gasteiger partial charge in [-0.05, 0) is 98.1 Å². The fourth-order valence-corrected chi connectivity index (χ4v) is 5.36. The second-order valence-corrected chi connectivity index (χ2v) is 11.4. The van der Waals surface area contributed by atoms with Gasteiger partial charge in [-0.2, -0.15) is 0 Å². The van der Waals surface area contributed by atoms with Crippen molar-refractivity contribution in [3.63, 3.8) is 0 Å². The van der Waals surface area contributed by atoms with E-state index < -0.39 is 10.0 Å². The minimum absolute atomic E-state index is 0.117. The quantitative estimate of drug-likeness (QED) is 0.253. The first-order chi connectivity index (χ1) is 18.1. The molecule has 0 saturated heterocycles. The van der Waals surface area contributed by atoms with Crippen LogP contribution in [-0.2, 0) is 21.4 Å². The van der Waals surface area contributed by atoms with E-state index in [1.165, 1.54) is 4.31 Å². The Morgan fingerprint density at radius 3 is 2.13 bits per heavy atom. The summed E-state index contributed by atoms with van der Waals surface area (Å²) < 4.78 is 34.3. The summed E-state index contributed by atoms with van der Waals surface area (Å²) in [6.45, 7) is 5.84. The van der Waals surface area contributed by atoms with E-state index in [9.17, 15) is 13.2 Å². The molecule has 8 heteroatoms. The normalized spacial score (nSPS) is 11.2. The van der Waals surface area contributed by atoms with Crippen LogP contribution in [0.4, 0.5) is 11.4 Å². The predicted octanol–water partition coefficient (Wildman–Crippen LogP) is 6.68. The van der Waals surface area contributed by atoms with Gasteiger partial charge >= 0.3 is 0 Å². The van der Waals surface area contributed by atoms with Gasteiger partial charge in [-0.25, -0.2) is 8.42 Å². The topological polar surface area (TPSA) is 75.7 Å². The number of hydrogen-bond donors (Lipinski definition) is 1. The van der Waals surface area contributed by atoms with E-state index in [0.717, 1.165) is 22.3 Å². The molecule has 0 aromatic heterocycles. The van der Waals surface area contributed by atoms with E-state index in [4.69, 9.17) is 16.3 Å². The van der Waals surface area contributed by atoms with Gasteiger partial charge in [0.05, 0.1) is 17.1 Å². The largest absolute Gasteiger partial charge is 0.484 e. The number of carbonyl (C=O) groups excluding carboxylic acids is 1. The van der Waals surface area contributed by atoms with Gasteiger partial charge in [-0.15, -0.1) is 0 Å². The van der Waals surface area contributed by atoms with E-state index in [2.05, 4.69) is 5.32 Å². The molecule has 4 aromatic carbocycles. The molecular formula is C30H29ClN2O4S. The summed E-state index contributed by atoms with van der Waals surface area (Å²) in [7, 11) is -3.86. The number of nitrogens with one attached hydrogen (secondary N) is 1. The number of sulfonamides is 1. The van der Waals surface area contributed by atoms with Crippen LogP contribution in [0, 0.1) is 20.8 Å². The zero-order valence-electron chi connectivity index (χ0n) is 21.4. The fourth-order valence-electron chi connectivity index (χ4n) is 3.78. The van der Waals surface area contributed by atoms with Gasteiger partial charge in [0.15, 0.2) is 6.61 Å². The van der Waals surface area contributed by atoms with Crippen LogP contribution in [0.25, 0.3) is 0 Å². The fraction of sp³-hybridized carbons (Fsp3) is 0.167. The number of benzene rings is 4. The number of ether oxygens (including phenoxy) is 1. The maximum Gasteiger partial charge on any atom is 0.264 e. The molecule has 0 atom stereocenters. The van der Waals surface area contributed by atoms with Crippen molar-refractivity contribution >= 4 is 38.9 Å². The van der Waals surface area contributed by atoms with Crippen LogP contribution < -0.4 is 14.4 Å².